The van der Waals surface area contributed by atoms with Gasteiger partial charge in [-0.05, 0) is 48.5 Å². The van der Waals surface area contributed by atoms with Gasteiger partial charge < -0.3 is 13.6 Å². The molecule has 0 aliphatic heterocycles. The van der Waals surface area contributed by atoms with E-state index in [0.29, 0.717) is 17.5 Å². The predicted octanol–water partition coefficient (Wildman–Crippen LogP) is 13.0. The molecule has 6 nitrogen and oxygen atoms in total. The van der Waals surface area contributed by atoms with Crippen molar-refractivity contribution in [2.45, 2.75) is 0 Å². The fraction of sp³-hybridized carbons (Fsp3) is 0. The molecule has 0 saturated heterocycles. The van der Waals surface area contributed by atoms with Crippen LogP contribution in [0.25, 0.3) is 111 Å². The molecule has 4 aromatic heterocycles. The Balaban J connectivity index is 1.11. The first-order chi connectivity index (χ1) is 28.3. The van der Waals surface area contributed by atoms with Crippen LogP contribution in [-0.4, -0.2) is 24.1 Å². The Morgan fingerprint density at radius 3 is 1.42 bits per heavy atom. The number of furan rings is 1. The molecule has 266 valence electrons. The Bertz CT molecular complexity index is 3450. The Hall–Kier alpha value is -7.83. The average Bonchev–Trinajstić information content (AvgIpc) is 3.95. The van der Waals surface area contributed by atoms with Crippen molar-refractivity contribution in [2.24, 2.45) is 0 Å². The van der Waals surface area contributed by atoms with Gasteiger partial charge in [0.15, 0.2) is 23.1 Å². The van der Waals surface area contributed by atoms with E-state index in [9.17, 15) is 0 Å². The SMILES string of the molecule is c1ccc(-c2nc(-c3ccccc3)nc(-c3ccc(-n4c5ccccc5c5ccc6c7ccccc7n(-c7cccc8c7oc7ccccc78)c6c54)cc3)n2)cc1. The van der Waals surface area contributed by atoms with Crippen LogP contribution in [-0.2, 0) is 0 Å². The largest absolute Gasteiger partial charge is 0.454 e. The highest BCUT2D eigenvalue weighted by Crippen LogP contribution is 2.43. The molecule has 0 N–H and O–H groups in total. The molecule has 0 saturated carbocycles. The van der Waals surface area contributed by atoms with Crippen LogP contribution < -0.4 is 0 Å². The molecule has 0 radical (unpaired) electrons. The first-order valence-corrected chi connectivity index (χ1v) is 19.1. The van der Waals surface area contributed by atoms with E-state index in [1.807, 2.05) is 72.8 Å². The van der Waals surface area contributed by atoms with Gasteiger partial charge in [-0.25, -0.2) is 15.0 Å². The van der Waals surface area contributed by atoms with Gasteiger partial charge in [-0.3, -0.25) is 0 Å². The summed E-state index contributed by atoms with van der Waals surface area (Å²) in [6, 6.07) is 65.5. The Morgan fingerprint density at radius 1 is 0.333 bits per heavy atom. The summed E-state index contributed by atoms with van der Waals surface area (Å²) in [5.41, 5.74) is 11.1. The molecule has 57 heavy (non-hydrogen) atoms. The Labute approximate surface area is 326 Å². The second-order valence-corrected chi connectivity index (χ2v) is 14.4. The molecule has 0 fully saturated rings. The van der Waals surface area contributed by atoms with Crippen LogP contribution in [0, 0.1) is 0 Å². The minimum absolute atomic E-state index is 0.623. The first-order valence-electron chi connectivity index (χ1n) is 19.1. The molecule has 0 atom stereocenters. The summed E-state index contributed by atoms with van der Waals surface area (Å²) >= 11 is 0. The van der Waals surface area contributed by atoms with Crippen molar-refractivity contribution in [2.75, 3.05) is 0 Å². The van der Waals surface area contributed by atoms with E-state index in [4.69, 9.17) is 19.4 Å². The summed E-state index contributed by atoms with van der Waals surface area (Å²) < 4.78 is 11.5. The minimum atomic E-state index is 0.623. The van der Waals surface area contributed by atoms with Crippen molar-refractivity contribution in [3.05, 3.63) is 188 Å². The number of hydrogen-bond acceptors (Lipinski definition) is 4. The van der Waals surface area contributed by atoms with Gasteiger partial charge in [0.1, 0.15) is 5.58 Å². The molecule has 12 aromatic rings. The maximum atomic E-state index is 6.68. The average molecular weight is 730 g/mol. The minimum Gasteiger partial charge on any atom is -0.454 e. The summed E-state index contributed by atoms with van der Waals surface area (Å²) in [4.78, 5) is 14.9. The zero-order chi connectivity index (χ0) is 37.5. The van der Waals surface area contributed by atoms with Gasteiger partial charge in [0.05, 0.1) is 27.8 Å². The van der Waals surface area contributed by atoms with Gasteiger partial charge in [-0.15, -0.1) is 0 Å². The van der Waals surface area contributed by atoms with Crippen molar-refractivity contribution in [1.82, 2.24) is 24.1 Å². The van der Waals surface area contributed by atoms with E-state index in [0.717, 1.165) is 72.1 Å². The molecule has 0 bridgehead atoms. The summed E-state index contributed by atoms with van der Waals surface area (Å²) in [6.07, 6.45) is 0. The number of benzene rings is 8. The second-order valence-electron chi connectivity index (χ2n) is 14.4. The molecule has 8 aromatic carbocycles. The van der Waals surface area contributed by atoms with Crippen LogP contribution in [0.4, 0.5) is 0 Å². The fourth-order valence-electron chi connectivity index (χ4n) is 8.62. The van der Waals surface area contributed by atoms with Gasteiger partial charge >= 0.3 is 0 Å². The highest BCUT2D eigenvalue weighted by atomic mass is 16.3. The molecular weight excluding hydrogens is 699 g/mol. The maximum absolute atomic E-state index is 6.68. The molecule has 0 amide bonds. The van der Waals surface area contributed by atoms with Crippen LogP contribution in [0.1, 0.15) is 0 Å². The molecule has 0 unspecified atom stereocenters. The van der Waals surface area contributed by atoms with E-state index in [1.165, 1.54) is 21.5 Å². The van der Waals surface area contributed by atoms with Gasteiger partial charge in [-0.1, -0.05) is 140 Å². The van der Waals surface area contributed by atoms with E-state index in [2.05, 4.69) is 124 Å². The number of nitrogens with zero attached hydrogens (tertiary/aromatic N) is 5. The molecule has 0 aliphatic carbocycles. The number of rotatable bonds is 5. The lowest BCUT2D eigenvalue weighted by Crippen LogP contribution is -2.01. The van der Waals surface area contributed by atoms with E-state index >= 15 is 0 Å². The predicted molar refractivity (Wildman–Crippen MR) is 232 cm³/mol. The van der Waals surface area contributed by atoms with Crippen molar-refractivity contribution in [1.29, 1.82) is 0 Å². The smallest absolute Gasteiger partial charge is 0.164 e. The molecule has 4 heterocycles. The quantitative estimate of drug-likeness (QED) is 0.177. The third kappa shape index (κ3) is 4.81. The first kappa shape index (κ1) is 31.5. The van der Waals surface area contributed by atoms with E-state index in [1.54, 1.807) is 0 Å². The van der Waals surface area contributed by atoms with E-state index < -0.39 is 0 Å². The lowest BCUT2D eigenvalue weighted by atomic mass is 10.1. The van der Waals surface area contributed by atoms with Gasteiger partial charge in [0.25, 0.3) is 0 Å². The third-order valence-corrected chi connectivity index (χ3v) is 11.2. The highest BCUT2D eigenvalue weighted by Gasteiger charge is 2.23. The van der Waals surface area contributed by atoms with Crippen LogP contribution in [0.5, 0.6) is 0 Å². The van der Waals surface area contributed by atoms with Gasteiger partial charge in [-0.2, -0.15) is 0 Å². The molecule has 0 spiro atoms. The van der Waals surface area contributed by atoms with Crippen LogP contribution in [0.3, 0.4) is 0 Å². The van der Waals surface area contributed by atoms with Gasteiger partial charge in [0, 0.05) is 54.7 Å². The molecule has 0 aliphatic rings. The third-order valence-electron chi connectivity index (χ3n) is 11.2. The monoisotopic (exact) mass is 729 g/mol. The van der Waals surface area contributed by atoms with E-state index in [-0.39, 0.29) is 0 Å². The molecular formula is C51H31N5O. The Kier molecular flexibility index (Phi) is 6.83. The zero-order valence-corrected chi connectivity index (χ0v) is 30.5. The zero-order valence-electron chi connectivity index (χ0n) is 30.5. The number of hydrogen-bond donors (Lipinski definition) is 0. The Morgan fingerprint density at radius 2 is 0.807 bits per heavy atom. The summed E-state index contributed by atoms with van der Waals surface area (Å²) in [6.45, 7) is 0. The fourth-order valence-corrected chi connectivity index (χ4v) is 8.62. The van der Waals surface area contributed by atoms with Gasteiger partial charge in [0.2, 0.25) is 0 Å². The number of aromatic nitrogens is 5. The number of fused-ring (bicyclic) bond motifs is 10. The van der Waals surface area contributed by atoms with Crippen molar-refractivity contribution in [3.8, 4) is 45.5 Å². The summed E-state index contributed by atoms with van der Waals surface area (Å²) in [5.74, 6) is 1.90. The van der Waals surface area contributed by atoms with Crippen LogP contribution >= 0.6 is 0 Å². The second kappa shape index (κ2) is 12.3. The standard InChI is InChI=1S/C51H31N5O/c1-3-14-32(15-4-1)49-52-50(33-16-5-2-6-17-33)54-51(53-49)34-26-28-35(29-27-34)55-42-22-10-7-18-36(42)39-30-31-40-37-19-8-11-23-43(37)56(47(40)46(39)55)44-24-13-21-41-38-20-9-12-25-45(38)57-48(41)44/h1-31H. The van der Waals surface area contributed by atoms with Crippen molar-refractivity contribution < 1.29 is 4.42 Å². The topological polar surface area (TPSA) is 61.7 Å². The van der Waals surface area contributed by atoms with Crippen LogP contribution in [0.15, 0.2) is 192 Å². The lowest BCUT2D eigenvalue weighted by molar-refractivity contribution is 0.666. The summed E-state index contributed by atoms with van der Waals surface area (Å²) in [7, 11) is 0. The number of para-hydroxylation sites is 4. The van der Waals surface area contributed by atoms with Crippen LogP contribution in [0.2, 0.25) is 0 Å². The van der Waals surface area contributed by atoms with Crippen molar-refractivity contribution in [3.63, 3.8) is 0 Å². The highest BCUT2D eigenvalue weighted by molar-refractivity contribution is 6.24. The normalized spacial score (nSPS) is 11.9. The lowest BCUT2D eigenvalue weighted by Gasteiger charge is -2.13. The maximum Gasteiger partial charge on any atom is 0.164 e. The summed E-state index contributed by atoms with van der Waals surface area (Å²) in [5, 5.41) is 6.95. The molecule has 6 heteroatoms. The molecule has 12 rings (SSSR count). The van der Waals surface area contributed by atoms with Crippen molar-refractivity contribution >= 4 is 65.6 Å².